The van der Waals surface area contributed by atoms with Crippen LogP contribution in [0.5, 0.6) is 23.0 Å². The van der Waals surface area contributed by atoms with Gasteiger partial charge in [-0.05, 0) is 42.0 Å². The van der Waals surface area contributed by atoms with Crippen molar-refractivity contribution in [2.75, 3.05) is 19.1 Å². The number of carboxylic acid groups (broad SMARTS) is 1. The quantitative estimate of drug-likeness (QED) is 0.403. The fourth-order valence-electron chi connectivity index (χ4n) is 3.39. The maximum atomic E-state index is 11.8. The minimum absolute atomic E-state index is 0.257. The van der Waals surface area contributed by atoms with Crippen molar-refractivity contribution in [3.63, 3.8) is 0 Å². The summed E-state index contributed by atoms with van der Waals surface area (Å²) in [4.78, 5) is 17.5. The van der Waals surface area contributed by atoms with Gasteiger partial charge in [-0.25, -0.2) is 4.79 Å². The average Bonchev–Trinajstić information content (AvgIpc) is 2.83. The number of hydrogen-bond donors (Lipinski definition) is 1. The third-order valence-corrected chi connectivity index (χ3v) is 5.00. The molecule has 0 saturated carbocycles. The van der Waals surface area contributed by atoms with Gasteiger partial charge >= 0.3 is 6.09 Å². The maximum absolute atomic E-state index is 11.8. The molecule has 1 aromatic heterocycles. The Hall–Kier alpha value is -4.26. The maximum Gasteiger partial charge on any atom is 0.412 e. The van der Waals surface area contributed by atoms with Gasteiger partial charge in [-0.15, -0.1) is 0 Å². The fraction of sp³-hybridized carbons (Fsp3) is 0.120. The van der Waals surface area contributed by atoms with Crippen molar-refractivity contribution in [3.8, 4) is 23.0 Å². The number of carbonyl (C=O) groups is 1. The molecule has 7 heteroatoms. The van der Waals surface area contributed by atoms with Crippen molar-refractivity contribution in [1.82, 2.24) is 4.98 Å². The highest BCUT2D eigenvalue weighted by Gasteiger charge is 2.16. The molecule has 32 heavy (non-hydrogen) atoms. The smallest absolute Gasteiger partial charge is 0.412 e. The third-order valence-electron chi connectivity index (χ3n) is 5.00. The monoisotopic (exact) mass is 430 g/mol. The second kappa shape index (κ2) is 9.26. The zero-order chi connectivity index (χ0) is 22.5. The highest BCUT2D eigenvalue weighted by molar-refractivity contribution is 5.88. The predicted molar refractivity (Wildman–Crippen MR) is 122 cm³/mol. The lowest BCUT2D eigenvalue weighted by Crippen LogP contribution is -2.28. The summed E-state index contributed by atoms with van der Waals surface area (Å²) in [6.45, 7) is 0.257. The number of anilines is 1. The first-order valence-electron chi connectivity index (χ1n) is 9.92. The Bertz CT molecular complexity index is 1230. The Kier molecular flexibility index (Phi) is 6.07. The number of nitrogens with zero attached hydrogens (tertiary/aromatic N) is 2. The number of pyridine rings is 1. The zero-order valence-electron chi connectivity index (χ0n) is 17.7. The molecule has 0 saturated heterocycles. The minimum atomic E-state index is -1.02. The number of amides is 1. The van der Waals surface area contributed by atoms with Crippen LogP contribution < -0.4 is 19.1 Å². The first kappa shape index (κ1) is 21.0. The van der Waals surface area contributed by atoms with E-state index >= 15 is 0 Å². The number of rotatable bonds is 7. The fourth-order valence-corrected chi connectivity index (χ4v) is 3.39. The van der Waals surface area contributed by atoms with E-state index in [0.29, 0.717) is 34.2 Å². The highest BCUT2D eigenvalue weighted by atomic mass is 16.5. The van der Waals surface area contributed by atoms with Gasteiger partial charge in [-0.1, -0.05) is 30.3 Å². The van der Waals surface area contributed by atoms with E-state index in [-0.39, 0.29) is 6.54 Å². The summed E-state index contributed by atoms with van der Waals surface area (Å²) in [5.41, 5.74) is 2.17. The van der Waals surface area contributed by atoms with Crippen LogP contribution in [-0.2, 0) is 6.54 Å². The van der Waals surface area contributed by atoms with Crippen LogP contribution in [0.25, 0.3) is 10.9 Å². The van der Waals surface area contributed by atoms with Crippen LogP contribution in [0.15, 0.2) is 79.0 Å². The molecule has 0 atom stereocenters. The van der Waals surface area contributed by atoms with Gasteiger partial charge in [0.1, 0.15) is 11.5 Å². The molecule has 0 unspecified atom stereocenters. The second-order valence-corrected chi connectivity index (χ2v) is 6.98. The van der Waals surface area contributed by atoms with Crippen LogP contribution in [0.4, 0.5) is 10.5 Å². The lowest BCUT2D eigenvalue weighted by molar-refractivity contribution is 0.201. The van der Waals surface area contributed by atoms with Crippen molar-refractivity contribution in [3.05, 3.63) is 84.6 Å². The standard InChI is InChI=1S/C25H22N2O5/c1-30-23-14-20-21(15-24(23)31-2)26-13-12-22(20)32-19-10-8-18(9-11-19)27(25(28)29)16-17-6-4-3-5-7-17/h3-15H,16H2,1-2H3,(H,28,29). The summed E-state index contributed by atoms with van der Waals surface area (Å²) < 4.78 is 16.8. The SMILES string of the molecule is COc1cc2nccc(Oc3ccc(N(Cc4ccccc4)C(=O)O)cc3)c2cc1OC. The molecular weight excluding hydrogens is 408 g/mol. The summed E-state index contributed by atoms with van der Waals surface area (Å²) in [6.07, 6.45) is 0.632. The van der Waals surface area contributed by atoms with Crippen molar-refractivity contribution >= 4 is 22.7 Å². The minimum Gasteiger partial charge on any atom is -0.493 e. The molecule has 162 valence electrons. The van der Waals surface area contributed by atoms with Crippen LogP contribution >= 0.6 is 0 Å². The van der Waals surface area contributed by atoms with Crippen molar-refractivity contribution in [2.45, 2.75) is 6.54 Å². The van der Waals surface area contributed by atoms with Gasteiger partial charge in [-0.2, -0.15) is 0 Å². The molecule has 0 radical (unpaired) electrons. The van der Waals surface area contributed by atoms with Gasteiger partial charge in [0.15, 0.2) is 11.5 Å². The normalized spacial score (nSPS) is 10.6. The molecule has 7 nitrogen and oxygen atoms in total. The van der Waals surface area contributed by atoms with Crippen LogP contribution in [0.2, 0.25) is 0 Å². The third kappa shape index (κ3) is 4.41. The van der Waals surface area contributed by atoms with Gasteiger partial charge in [0.25, 0.3) is 0 Å². The molecule has 0 fully saturated rings. The van der Waals surface area contributed by atoms with Gasteiger partial charge in [0.2, 0.25) is 0 Å². The lowest BCUT2D eigenvalue weighted by atomic mass is 10.1. The van der Waals surface area contributed by atoms with Gasteiger partial charge in [0, 0.05) is 23.3 Å². The van der Waals surface area contributed by atoms with E-state index in [2.05, 4.69) is 4.98 Å². The Morgan fingerprint density at radius 1 is 0.906 bits per heavy atom. The number of methoxy groups -OCH3 is 2. The van der Waals surface area contributed by atoms with E-state index in [1.165, 1.54) is 4.90 Å². The van der Waals surface area contributed by atoms with E-state index < -0.39 is 6.09 Å². The topological polar surface area (TPSA) is 81.1 Å². The summed E-state index contributed by atoms with van der Waals surface area (Å²) >= 11 is 0. The first-order chi connectivity index (χ1) is 15.6. The molecule has 1 amide bonds. The number of fused-ring (bicyclic) bond motifs is 1. The Morgan fingerprint density at radius 3 is 2.25 bits per heavy atom. The lowest BCUT2D eigenvalue weighted by Gasteiger charge is -2.20. The van der Waals surface area contributed by atoms with Gasteiger partial charge < -0.3 is 19.3 Å². The van der Waals surface area contributed by atoms with Gasteiger partial charge in [-0.3, -0.25) is 9.88 Å². The molecule has 0 aliphatic carbocycles. The molecule has 0 bridgehead atoms. The first-order valence-corrected chi connectivity index (χ1v) is 9.92. The van der Waals surface area contributed by atoms with E-state index in [9.17, 15) is 9.90 Å². The van der Waals surface area contributed by atoms with Crippen molar-refractivity contribution in [2.24, 2.45) is 0 Å². The predicted octanol–water partition coefficient (Wildman–Crippen LogP) is 5.73. The molecule has 4 rings (SSSR count). The number of benzene rings is 3. The summed E-state index contributed by atoms with van der Waals surface area (Å²) in [5, 5.41) is 10.4. The van der Waals surface area contributed by atoms with Gasteiger partial charge in [0.05, 0.1) is 26.3 Å². The summed E-state index contributed by atoms with van der Waals surface area (Å²) in [5.74, 6) is 2.33. The van der Waals surface area contributed by atoms with Crippen LogP contribution in [0.1, 0.15) is 5.56 Å². The number of hydrogen-bond acceptors (Lipinski definition) is 5. The van der Waals surface area contributed by atoms with Crippen molar-refractivity contribution in [1.29, 1.82) is 0 Å². The van der Waals surface area contributed by atoms with E-state index in [1.54, 1.807) is 56.8 Å². The molecule has 1 heterocycles. The van der Waals surface area contributed by atoms with E-state index in [4.69, 9.17) is 14.2 Å². The Balaban J connectivity index is 1.59. The highest BCUT2D eigenvalue weighted by Crippen LogP contribution is 2.37. The molecule has 1 N–H and O–H groups in total. The van der Waals surface area contributed by atoms with E-state index in [0.717, 1.165) is 10.9 Å². The summed E-state index contributed by atoms with van der Waals surface area (Å²) in [7, 11) is 3.15. The molecular formula is C25H22N2O5. The van der Waals surface area contributed by atoms with E-state index in [1.807, 2.05) is 36.4 Å². The van der Waals surface area contributed by atoms with Crippen LogP contribution in [0, 0.1) is 0 Å². The Morgan fingerprint density at radius 2 is 1.59 bits per heavy atom. The second-order valence-electron chi connectivity index (χ2n) is 6.98. The number of aromatic nitrogens is 1. The van der Waals surface area contributed by atoms with Crippen molar-refractivity contribution < 1.29 is 24.1 Å². The van der Waals surface area contributed by atoms with Crippen LogP contribution in [0.3, 0.4) is 0 Å². The summed E-state index contributed by atoms with van der Waals surface area (Å²) in [6, 6.07) is 21.7. The zero-order valence-corrected chi connectivity index (χ0v) is 17.7. The molecule has 4 aromatic rings. The van der Waals surface area contributed by atoms with Crippen LogP contribution in [-0.4, -0.2) is 30.4 Å². The largest absolute Gasteiger partial charge is 0.493 e. The molecule has 0 aliphatic rings. The number of ether oxygens (including phenoxy) is 3. The average molecular weight is 430 g/mol. The molecule has 0 spiro atoms. The molecule has 0 aliphatic heterocycles. The molecule has 3 aromatic carbocycles. The Labute approximate surface area is 185 Å².